The number of aliphatic hydroxyl groups is 1. The first-order valence-corrected chi connectivity index (χ1v) is 7.13. The second kappa shape index (κ2) is 4.45. The molecule has 0 aromatic heterocycles. The maximum absolute atomic E-state index is 11.0. The van der Waals surface area contributed by atoms with Gasteiger partial charge in [-0.3, -0.25) is 4.52 Å². The van der Waals surface area contributed by atoms with Crippen LogP contribution in [0.3, 0.4) is 0 Å². The zero-order valence-corrected chi connectivity index (χ0v) is 10.0. The molecule has 0 saturated carbocycles. The predicted molar refractivity (Wildman–Crippen MR) is 49.3 cm³/mol. The van der Waals surface area contributed by atoms with E-state index in [4.69, 9.17) is 24.5 Å². The third-order valence-electron chi connectivity index (χ3n) is 1.95. The van der Waals surface area contributed by atoms with Crippen LogP contribution in [0.2, 0.25) is 0 Å². The minimum Gasteiger partial charge on any atom is -0.393 e. The van der Waals surface area contributed by atoms with Crippen molar-refractivity contribution < 1.29 is 42.5 Å². The van der Waals surface area contributed by atoms with Crippen molar-refractivity contribution in [3.8, 4) is 0 Å². The van der Waals surface area contributed by atoms with E-state index in [0.717, 1.165) is 0 Å². The summed E-state index contributed by atoms with van der Waals surface area (Å²) in [6.45, 7) is 0.841. The van der Waals surface area contributed by atoms with Crippen molar-refractivity contribution in [2.45, 2.75) is 18.6 Å². The molecule has 1 unspecified atom stereocenters. The molecule has 0 amide bonds. The van der Waals surface area contributed by atoms with Gasteiger partial charge in [-0.1, -0.05) is 0 Å². The number of ether oxygens (including phenoxy) is 1. The van der Waals surface area contributed by atoms with Crippen LogP contribution >= 0.6 is 15.6 Å². The quantitative estimate of drug-likeness (QED) is 0.368. The minimum atomic E-state index is -5.09. The van der Waals surface area contributed by atoms with Gasteiger partial charge in [0.2, 0.25) is 0 Å². The predicted octanol–water partition coefficient (Wildman–Crippen LogP) is -0.638. The Morgan fingerprint density at radius 3 is 2.31 bits per heavy atom. The average molecular weight is 278 g/mol. The van der Waals surface area contributed by atoms with Gasteiger partial charge in [-0.15, -0.1) is 0 Å². The Kier molecular flexibility index (Phi) is 3.96. The van der Waals surface area contributed by atoms with Crippen LogP contribution in [0.5, 0.6) is 0 Å². The Morgan fingerprint density at radius 1 is 1.38 bits per heavy atom. The number of rotatable bonds is 6. The number of hydrogen-bond donors (Lipinski definition) is 4. The largest absolute Gasteiger partial charge is 0.481 e. The molecule has 3 atom stereocenters. The van der Waals surface area contributed by atoms with E-state index >= 15 is 0 Å². The maximum Gasteiger partial charge on any atom is 0.481 e. The number of aliphatic hydroxyl groups excluding tert-OH is 1. The molecule has 0 aliphatic carbocycles. The summed E-state index contributed by atoms with van der Waals surface area (Å²) in [5, 5.41) is 8.78. The van der Waals surface area contributed by atoms with Crippen molar-refractivity contribution in [2.24, 2.45) is 0 Å². The second-order valence-corrected chi connectivity index (χ2v) is 6.24. The van der Waals surface area contributed by atoms with Gasteiger partial charge < -0.3 is 24.5 Å². The first kappa shape index (κ1) is 14.2. The summed E-state index contributed by atoms with van der Waals surface area (Å²) in [5.41, 5.74) is -0.845. The van der Waals surface area contributed by atoms with Crippen LogP contribution in [0.25, 0.3) is 0 Å². The smallest absolute Gasteiger partial charge is 0.393 e. The summed E-state index contributed by atoms with van der Waals surface area (Å²) in [4.78, 5) is 25.4. The van der Waals surface area contributed by atoms with Crippen LogP contribution in [0.4, 0.5) is 0 Å². The van der Waals surface area contributed by atoms with E-state index < -0.39 is 34.0 Å². The third-order valence-corrected chi connectivity index (χ3v) is 4.10. The van der Waals surface area contributed by atoms with E-state index in [9.17, 15) is 9.13 Å². The number of phosphoric ester groups is 1. The molecule has 1 heterocycles. The van der Waals surface area contributed by atoms with Crippen LogP contribution in [-0.2, 0) is 22.7 Å². The highest BCUT2D eigenvalue weighted by molar-refractivity contribution is 7.60. The summed E-state index contributed by atoms with van der Waals surface area (Å²) < 4.78 is 34.0. The topological polar surface area (TPSA) is 146 Å². The molecule has 1 rings (SSSR count). The minimum absolute atomic E-state index is 0.296. The molecule has 1 aliphatic rings. The van der Waals surface area contributed by atoms with Crippen molar-refractivity contribution in [3.63, 3.8) is 0 Å². The summed E-state index contributed by atoms with van der Waals surface area (Å²) >= 11 is 0. The summed E-state index contributed by atoms with van der Waals surface area (Å²) in [6.07, 6.45) is -0.613. The molecule has 1 aliphatic heterocycles. The number of hydrogen-bond acceptors (Lipinski definition) is 6. The van der Waals surface area contributed by atoms with E-state index in [-0.39, 0.29) is 6.61 Å². The molecule has 1 fully saturated rings. The van der Waals surface area contributed by atoms with Crippen molar-refractivity contribution in [2.75, 3.05) is 13.2 Å². The van der Waals surface area contributed by atoms with Gasteiger partial charge >= 0.3 is 15.6 Å². The van der Waals surface area contributed by atoms with Gasteiger partial charge in [0, 0.05) is 0 Å². The molecule has 0 spiro atoms. The third kappa shape index (κ3) is 4.21. The van der Waals surface area contributed by atoms with E-state index in [1.54, 1.807) is 6.92 Å². The summed E-state index contributed by atoms with van der Waals surface area (Å²) in [5.74, 6) is 0. The lowest BCUT2D eigenvalue weighted by Crippen LogP contribution is -2.18. The van der Waals surface area contributed by atoms with Crippen molar-refractivity contribution >= 4 is 15.6 Å². The number of phosphoric acid groups is 2. The SMILES string of the molecule is C[C@]1(CO)O[C@@H]1COP(=O)(O)OP(=O)(O)O. The fraction of sp³-hybridized carbons (Fsp3) is 1.00. The van der Waals surface area contributed by atoms with Gasteiger partial charge in [0.15, 0.2) is 0 Å². The van der Waals surface area contributed by atoms with Crippen molar-refractivity contribution in [1.29, 1.82) is 0 Å². The second-order valence-electron chi connectivity index (χ2n) is 3.41. The van der Waals surface area contributed by atoms with E-state index in [0.29, 0.717) is 0 Å². The van der Waals surface area contributed by atoms with Gasteiger partial charge in [0.25, 0.3) is 0 Å². The molecule has 9 nitrogen and oxygen atoms in total. The van der Waals surface area contributed by atoms with E-state index in [1.165, 1.54) is 0 Å². The molecule has 0 radical (unpaired) electrons. The molecule has 4 N–H and O–H groups in total. The van der Waals surface area contributed by atoms with Crippen LogP contribution < -0.4 is 0 Å². The van der Waals surface area contributed by atoms with Gasteiger partial charge in [0.05, 0.1) is 13.2 Å². The monoisotopic (exact) mass is 278 g/mol. The standard InChI is InChI=1S/C5H12O9P2/c1-5(3-6)4(13-5)2-12-16(10,11)14-15(7,8)9/h4,6H,2-3H2,1H3,(H,10,11)(H2,7,8,9)/t4-,5-/m1/s1. The first-order valence-electron chi connectivity index (χ1n) is 4.11. The van der Waals surface area contributed by atoms with Gasteiger partial charge in [-0.2, -0.15) is 4.31 Å². The fourth-order valence-corrected chi connectivity index (χ4v) is 2.55. The lowest BCUT2D eigenvalue weighted by molar-refractivity contribution is 0.164. The molecule has 1 saturated heterocycles. The van der Waals surface area contributed by atoms with Gasteiger partial charge in [-0.25, -0.2) is 9.13 Å². The molecule has 0 bridgehead atoms. The summed E-state index contributed by atoms with van der Waals surface area (Å²) in [6, 6.07) is 0. The first-order chi connectivity index (χ1) is 7.08. The maximum atomic E-state index is 11.0. The normalized spacial score (nSPS) is 33.4. The van der Waals surface area contributed by atoms with Crippen LogP contribution in [0.15, 0.2) is 0 Å². The highest BCUT2D eigenvalue weighted by atomic mass is 31.3. The average Bonchev–Trinajstić information content (AvgIpc) is 2.71. The fourth-order valence-electron chi connectivity index (χ4n) is 0.960. The molecule has 16 heavy (non-hydrogen) atoms. The lowest BCUT2D eigenvalue weighted by atomic mass is 10.1. The summed E-state index contributed by atoms with van der Waals surface area (Å²) in [7, 11) is -9.91. The molecule has 0 aromatic carbocycles. The van der Waals surface area contributed by atoms with Crippen LogP contribution in [-0.4, -0.2) is 44.7 Å². The highest BCUT2D eigenvalue weighted by Gasteiger charge is 2.53. The zero-order chi connectivity index (χ0) is 12.6. The lowest BCUT2D eigenvalue weighted by Gasteiger charge is -2.11. The van der Waals surface area contributed by atoms with Crippen LogP contribution in [0.1, 0.15) is 6.92 Å². The Hall–Kier alpha value is 0.180. The van der Waals surface area contributed by atoms with Gasteiger partial charge in [-0.05, 0) is 6.92 Å². The van der Waals surface area contributed by atoms with Crippen molar-refractivity contribution in [3.05, 3.63) is 0 Å². The Bertz CT molecular complexity index is 350. The van der Waals surface area contributed by atoms with Crippen molar-refractivity contribution in [1.82, 2.24) is 0 Å². The molecular formula is C5H12O9P2. The van der Waals surface area contributed by atoms with E-state index in [2.05, 4.69) is 8.83 Å². The Morgan fingerprint density at radius 2 is 1.94 bits per heavy atom. The highest BCUT2D eigenvalue weighted by Crippen LogP contribution is 2.58. The number of epoxide rings is 1. The Balaban J connectivity index is 2.39. The molecule has 11 heteroatoms. The Labute approximate surface area is 90.8 Å². The van der Waals surface area contributed by atoms with Crippen LogP contribution in [0, 0.1) is 0 Å². The molecule has 96 valence electrons. The van der Waals surface area contributed by atoms with Gasteiger partial charge in [0.1, 0.15) is 11.7 Å². The van der Waals surface area contributed by atoms with E-state index in [1.807, 2.05) is 0 Å². The molecular weight excluding hydrogens is 266 g/mol. The molecule has 0 aromatic rings. The zero-order valence-electron chi connectivity index (χ0n) is 8.22.